The topological polar surface area (TPSA) is 97.1 Å². The molecule has 8 heteroatoms. The molecular weight excluding hydrogens is 376 g/mol. The third kappa shape index (κ3) is 3.25. The number of benzene rings is 2. The van der Waals surface area contributed by atoms with Crippen molar-refractivity contribution in [1.82, 2.24) is 14.8 Å². The van der Waals surface area contributed by atoms with Crippen molar-refractivity contribution in [1.29, 1.82) is 0 Å². The van der Waals surface area contributed by atoms with E-state index in [0.717, 1.165) is 5.56 Å². The van der Waals surface area contributed by atoms with Crippen LogP contribution in [0.25, 0.3) is 10.9 Å². The molecule has 2 N–H and O–H groups in total. The van der Waals surface area contributed by atoms with Gasteiger partial charge in [0.2, 0.25) is 5.13 Å². The number of pyridine rings is 1. The number of aryl methyl sites for hydroxylation is 1. The number of nitrogens with zero attached hydrogens (tertiary/aromatic N) is 3. The molecule has 4 aromatic rings. The van der Waals surface area contributed by atoms with Crippen LogP contribution in [-0.4, -0.2) is 25.8 Å². The number of carbonyl (C=O) groups excluding carboxylic acids is 1. The van der Waals surface area contributed by atoms with Gasteiger partial charge in [0.05, 0.1) is 12.1 Å². The highest BCUT2D eigenvalue weighted by atomic mass is 32.1. The molecule has 28 heavy (non-hydrogen) atoms. The lowest BCUT2D eigenvalue weighted by Crippen LogP contribution is -2.30. The molecule has 2 aromatic heterocycles. The molecule has 7 nitrogen and oxygen atoms in total. The van der Waals surface area contributed by atoms with Crippen LogP contribution < -0.4 is 10.9 Å². The molecule has 0 aliphatic heterocycles. The smallest absolute Gasteiger partial charge is 0.268 e. The number of amides is 1. The van der Waals surface area contributed by atoms with Gasteiger partial charge in [-0.3, -0.25) is 14.9 Å². The first kappa shape index (κ1) is 17.9. The van der Waals surface area contributed by atoms with Gasteiger partial charge in [0.1, 0.15) is 16.3 Å². The first-order valence-corrected chi connectivity index (χ1v) is 9.36. The minimum Gasteiger partial charge on any atom is -0.506 e. The van der Waals surface area contributed by atoms with Crippen molar-refractivity contribution in [2.45, 2.75) is 13.5 Å². The zero-order valence-corrected chi connectivity index (χ0v) is 15.7. The quantitative estimate of drug-likeness (QED) is 0.556. The number of para-hydroxylation sites is 1. The molecule has 0 saturated heterocycles. The zero-order valence-electron chi connectivity index (χ0n) is 14.9. The zero-order chi connectivity index (χ0) is 19.7. The fraction of sp³-hybridized carbons (Fsp3) is 0.100. The monoisotopic (exact) mass is 392 g/mol. The maximum atomic E-state index is 13.2. The Morgan fingerprint density at radius 3 is 2.54 bits per heavy atom. The van der Waals surface area contributed by atoms with Crippen LogP contribution >= 0.6 is 11.3 Å². The van der Waals surface area contributed by atoms with E-state index in [2.05, 4.69) is 15.5 Å². The SMILES string of the molecule is Cc1nnc(NC(=O)c2c(O)c3ccccc3n(Cc3ccccc3)c2=O)s1. The lowest BCUT2D eigenvalue weighted by molar-refractivity contribution is 0.102. The van der Waals surface area contributed by atoms with Gasteiger partial charge in [0.25, 0.3) is 11.5 Å². The second kappa shape index (κ2) is 7.24. The normalized spacial score (nSPS) is 10.9. The Balaban J connectivity index is 1.86. The summed E-state index contributed by atoms with van der Waals surface area (Å²) < 4.78 is 1.49. The molecule has 0 spiro atoms. The van der Waals surface area contributed by atoms with E-state index in [1.165, 1.54) is 15.9 Å². The van der Waals surface area contributed by atoms with E-state index in [-0.39, 0.29) is 23.0 Å². The van der Waals surface area contributed by atoms with Crippen molar-refractivity contribution >= 4 is 33.3 Å². The number of aromatic nitrogens is 3. The Labute approximate surface area is 163 Å². The second-order valence-electron chi connectivity index (χ2n) is 6.20. The number of anilines is 1. The molecule has 0 radical (unpaired) electrons. The minimum atomic E-state index is -0.716. The average Bonchev–Trinajstić information content (AvgIpc) is 3.10. The Morgan fingerprint density at radius 2 is 1.82 bits per heavy atom. The largest absolute Gasteiger partial charge is 0.506 e. The Bertz CT molecular complexity index is 1230. The Hall–Kier alpha value is -3.52. The van der Waals surface area contributed by atoms with Crippen LogP contribution in [-0.2, 0) is 6.54 Å². The third-order valence-corrected chi connectivity index (χ3v) is 5.06. The van der Waals surface area contributed by atoms with Gasteiger partial charge in [0, 0.05) is 5.39 Å². The maximum Gasteiger partial charge on any atom is 0.268 e. The summed E-state index contributed by atoms with van der Waals surface area (Å²) in [7, 11) is 0. The molecule has 4 rings (SSSR count). The molecule has 2 heterocycles. The van der Waals surface area contributed by atoms with E-state index >= 15 is 0 Å². The second-order valence-corrected chi connectivity index (χ2v) is 7.38. The molecule has 0 unspecified atom stereocenters. The highest BCUT2D eigenvalue weighted by Gasteiger charge is 2.23. The number of hydrogen-bond donors (Lipinski definition) is 2. The minimum absolute atomic E-state index is 0.268. The van der Waals surface area contributed by atoms with Gasteiger partial charge >= 0.3 is 0 Å². The summed E-state index contributed by atoms with van der Waals surface area (Å²) in [5, 5.41) is 22.3. The van der Waals surface area contributed by atoms with Crippen LogP contribution in [0.2, 0.25) is 0 Å². The molecule has 1 amide bonds. The van der Waals surface area contributed by atoms with Gasteiger partial charge in [-0.15, -0.1) is 10.2 Å². The van der Waals surface area contributed by atoms with Gasteiger partial charge in [-0.2, -0.15) is 0 Å². The Kier molecular flexibility index (Phi) is 4.62. The summed E-state index contributed by atoms with van der Waals surface area (Å²) in [6.07, 6.45) is 0. The van der Waals surface area contributed by atoms with Gasteiger partial charge in [-0.25, -0.2) is 0 Å². The lowest BCUT2D eigenvalue weighted by atomic mass is 10.1. The van der Waals surface area contributed by atoms with Gasteiger partial charge in [0.15, 0.2) is 0 Å². The van der Waals surface area contributed by atoms with Crippen LogP contribution in [0.5, 0.6) is 5.75 Å². The number of fused-ring (bicyclic) bond motifs is 1. The fourth-order valence-corrected chi connectivity index (χ4v) is 3.61. The fourth-order valence-electron chi connectivity index (χ4n) is 3.02. The van der Waals surface area contributed by atoms with E-state index in [0.29, 0.717) is 15.9 Å². The van der Waals surface area contributed by atoms with E-state index in [1.807, 2.05) is 30.3 Å². The van der Waals surface area contributed by atoms with E-state index in [1.54, 1.807) is 31.2 Å². The molecule has 0 fully saturated rings. The summed E-state index contributed by atoms with van der Waals surface area (Å²) in [4.78, 5) is 25.9. The van der Waals surface area contributed by atoms with Gasteiger partial charge in [-0.1, -0.05) is 53.8 Å². The number of aromatic hydroxyl groups is 1. The van der Waals surface area contributed by atoms with E-state index in [9.17, 15) is 14.7 Å². The standard InChI is InChI=1S/C20H16N4O3S/c1-12-22-23-20(28-12)21-18(26)16-17(25)14-9-5-6-10-15(14)24(19(16)27)11-13-7-3-2-4-8-13/h2-10,25H,11H2,1H3,(H,21,23,26). The molecular formula is C20H16N4O3S. The van der Waals surface area contributed by atoms with Gasteiger partial charge < -0.3 is 9.67 Å². The first-order chi connectivity index (χ1) is 13.5. The first-order valence-electron chi connectivity index (χ1n) is 8.54. The molecule has 0 aliphatic carbocycles. The number of nitrogens with one attached hydrogen (secondary N) is 1. The van der Waals surface area contributed by atoms with Crippen molar-refractivity contribution in [2.24, 2.45) is 0 Å². The van der Waals surface area contributed by atoms with Crippen LogP contribution in [0.4, 0.5) is 5.13 Å². The predicted octanol–water partition coefficient (Wildman–Crippen LogP) is 3.17. The molecule has 0 aliphatic rings. The molecule has 140 valence electrons. The summed E-state index contributed by atoms with van der Waals surface area (Å²) in [5.74, 6) is -1.06. The lowest BCUT2D eigenvalue weighted by Gasteiger charge is -2.14. The molecule has 0 bridgehead atoms. The average molecular weight is 392 g/mol. The molecule has 2 aromatic carbocycles. The van der Waals surface area contributed by atoms with Crippen molar-refractivity contribution < 1.29 is 9.90 Å². The van der Waals surface area contributed by atoms with E-state index in [4.69, 9.17) is 0 Å². The van der Waals surface area contributed by atoms with Crippen molar-refractivity contribution in [3.63, 3.8) is 0 Å². The molecule has 0 atom stereocenters. The van der Waals surface area contributed by atoms with Crippen molar-refractivity contribution in [2.75, 3.05) is 5.32 Å². The predicted molar refractivity (Wildman–Crippen MR) is 108 cm³/mol. The van der Waals surface area contributed by atoms with Crippen molar-refractivity contribution in [3.8, 4) is 5.75 Å². The number of hydrogen-bond acceptors (Lipinski definition) is 6. The van der Waals surface area contributed by atoms with Crippen LogP contribution in [0.1, 0.15) is 20.9 Å². The third-order valence-electron chi connectivity index (χ3n) is 4.30. The van der Waals surface area contributed by atoms with Crippen LogP contribution in [0, 0.1) is 6.92 Å². The summed E-state index contributed by atoms with van der Waals surface area (Å²) in [6.45, 7) is 2.03. The maximum absolute atomic E-state index is 13.2. The highest BCUT2D eigenvalue weighted by Crippen LogP contribution is 2.27. The van der Waals surface area contributed by atoms with Crippen LogP contribution in [0.15, 0.2) is 59.4 Å². The van der Waals surface area contributed by atoms with Crippen molar-refractivity contribution in [3.05, 3.63) is 81.1 Å². The number of carbonyl (C=O) groups is 1. The van der Waals surface area contributed by atoms with Gasteiger partial charge in [-0.05, 0) is 24.6 Å². The summed E-state index contributed by atoms with van der Waals surface area (Å²) >= 11 is 1.19. The molecule has 0 saturated carbocycles. The highest BCUT2D eigenvalue weighted by molar-refractivity contribution is 7.15. The van der Waals surface area contributed by atoms with Crippen LogP contribution in [0.3, 0.4) is 0 Å². The Morgan fingerprint density at radius 1 is 1.11 bits per heavy atom. The summed E-state index contributed by atoms with van der Waals surface area (Å²) in [5.41, 5.74) is 0.574. The number of rotatable bonds is 4. The van der Waals surface area contributed by atoms with E-state index < -0.39 is 11.5 Å². The summed E-state index contributed by atoms with van der Waals surface area (Å²) in [6, 6.07) is 16.4.